The molecule has 1 aliphatic carbocycles. The predicted molar refractivity (Wildman–Crippen MR) is 133 cm³/mol. The molecule has 1 spiro atoms. The van der Waals surface area contributed by atoms with Crippen LogP contribution in [0.1, 0.15) is 49.4 Å². The van der Waals surface area contributed by atoms with Gasteiger partial charge in [-0.2, -0.15) is 0 Å². The lowest BCUT2D eigenvalue weighted by Gasteiger charge is -2.33. The minimum absolute atomic E-state index is 0.0660. The van der Waals surface area contributed by atoms with Gasteiger partial charge in [-0.05, 0) is 61.2 Å². The number of nitrogens with zero attached hydrogens (tertiary/aromatic N) is 2. The second kappa shape index (κ2) is 10.5. The van der Waals surface area contributed by atoms with Gasteiger partial charge in [-0.3, -0.25) is 19.4 Å². The predicted octanol–water partition coefficient (Wildman–Crippen LogP) is 2.98. The molecule has 0 unspecified atom stereocenters. The normalized spacial score (nSPS) is 20.1. The molecule has 1 fully saturated rings. The molecule has 1 saturated heterocycles. The highest BCUT2D eigenvalue weighted by atomic mass is 16.5. The summed E-state index contributed by atoms with van der Waals surface area (Å²) < 4.78 is 5.38. The number of hydrogen-bond donors (Lipinski definition) is 2. The number of carbonyl (C=O) groups excluding carboxylic acids is 3. The van der Waals surface area contributed by atoms with Gasteiger partial charge >= 0.3 is 6.03 Å². The van der Waals surface area contributed by atoms with Crippen molar-refractivity contribution < 1.29 is 19.1 Å². The Hall–Kier alpha value is -3.39. The molecule has 2 aromatic carbocycles. The van der Waals surface area contributed by atoms with Gasteiger partial charge in [0.1, 0.15) is 17.8 Å². The molecule has 4 rings (SSSR count). The summed E-state index contributed by atoms with van der Waals surface area (Å²) in [6.07, 6.45) is 2.21. The van der Waals surface area contributed by atoms with Crippen molar-refractivity contribution >= 4 is 17.8 Å². The molecule has 8 nitrogen and oxygen atoms in total. The third-order valence-corrected chi connectivity index (χ3v) is 7.18. The van der Waals surface area contributed by atoms with Gasteiger partial charge in [0.05, 0.1) is 13.2 Å². The Kier molecular flexibility index (Phi) is 7.40. The third-order valence-electron chi connectivity index (χ3n) is 7.18. The van der Waals surface area contributed by atoms with Crippen LogP contribution in [0.25, 0.3) is 0 Å². The Balaban J connectivity index is 1.47. The largest absolute Gasteiger partial charge is 0.497 e. The molecule has 2 N–H and O–H groups in total. The van der Waals surface area contributed by atoms with E-state index in [1.807, 2.05) is 48.5 Å². The van der Waals surface area contributed by atoms with Gasteiger partial charge < -0.3 is 15.4 Å². The summed E-state index contributed by atoms with van der Waals surface area (Å²) in [7, 11) is 1.63. The lowest BCUT2D eigenvalue weighted by Crippen LogP contribution is -2.47. The smallest absolute Gasteiger partial charge is 0.325 e. The van der Waals surface area contributed by atoms with Gasteiger partial charge in [0, 0.05) is 6.54 Å². The molecule has 1 heterocycles. The van der Waals surface area contributed by atoms with Crippen molar-refractivity contribution in [2.24, 2.45) is 0 Å². The molecule has 2 aliphatic rings. The topological polar surface area (TPSA) is 91.0 Å². The van der Waals surface area contributed by atoms with E-state index < -0.39 is 11.6 Å². The van der Waals surface area contributed by atoms with Crippen LogP contribution in [-0.2, 0) is 21.5 Å². The quantitative estimate of drug-likeness (QED) is 0.541. The molecular weight excluding hydrogens is 444 g/mol. The number of rotatable bonds is 9. The molecule has 0 bridgehead atoms. The summed E-state index contributed by atoms with van der Waals surface area (Å²) in [5, 5.41) is 5.86. The average Bonchev–Trinajstić information content (AvgIpc) is 3.11. The first-order chi connectivity index (χ1) is 16.9. The Morgan fingerprint density at radius 1 is 1.17 bits per heavy atom. The van der Waals surface area contributed by atoms with Crippen LogP contribution < -0.4 is 15.4 Å². The van der Waals surface area contributed by atoms with Crippen LogP contribution in [-0.4, -0.2) is 60.9 Å². The molecule has 186 valence electrons. The van der Waals surface area contributed by atoms with Crippen LogP contribution in [0.2, 0.25) is 0 Å². The van der Waals surface area contributed by atoms with Crippen molar-refractivity contribution in [3.8, 4) is 5.75 Å². The maximum absolute atomic E-state index is 13.5. The van der Waals surface area contributed by atoms with Crippen molar-refractivity contribution in [3.05, 3.63) is 65.2 Å². The molecule has 35 heavy (non-hydrogen) atoms. The lowest BCUT2D eigenvalue weighted by atomic mass is 9.76. The van der Waals surface area contributed by atoms with Crippen molar-refractivity contribution in [2.45, 2.75) is 44.7 Å². The Labute approximate surface area is 206 Å². The molecule has 0 radical (unpaired) electrons. The van der Waals surface area contributed by atoms with Crippen LogP contribution in [0.5, 0.6) is 5.75 Å². The number of urea groups is 1. The van der Waals surface area contributed by atoms with E-state index in [1.54, 1.807) is 7.11 Å². The summed E-state index contributed by atoms with van der Waals surface area (Å²) in [4.78, 5) is 42.5. The van der Waals surface area contributed by atoms with Crippen LogP contribution in [0.3, 0.4) is 0 Å². The number of nitrogens with one attached hydrogen (secondary N) is 2. The van der Waals surface area contributed by atoms with E-state index in [0.717, 1.165) is 53.3 Å². The van der Waals surface area contributed by atoms with E-state index >= 15 is 0 Å². The molecule has 8 heteroatoms. The summed E-state index contributed by atoms with van der Waals surface area (Å²) >= 11 is 0. The van der Waals surface area contributed by atoms with E-state index in [1.165, 1.54) is 0 Å². The summed E-state index contributed by atoms with van der Waals surface area (Å²) in [6, 6.07) is 14.9. The highest BCUT2D eigenvalue weighted by molar-refractivity contribution is 6.09. The highest BCUT2D eigenvalue weighted by Crippen LogP contribution is 2.39. The molecular formula is C27H34N4O4. The number of likely N-dealkylation sites (N-methyl/N-ethyl adjacent to an activating group) is 1. The number of hydrogen-bond acceptors (Lipinski definition) is 5. The zero-order valence-corrected chi connectivity index (χ0v) is 20.7. The van der Waals surface area contributed by atoms with Crippen molar-refractivity contribution in [1.82, 2.24) is 20.4 Å². The van der Waals surface area contributed by atoms with E-state index in [2.05, 4.69) is 29.4 Å². The fourth-order valence-electron chi connectivity index (χ4n) is 5.34. The zero-order chi connectivity index (χ0) is 25.0. The number of carbonyl (C=O) groups is 3. The highest BCUT2D eigenvalue weighted by Gasteiger charge is 2.54. The number of aryl methyl sites for hydroxylation is 1. The Morgan fingerprint density at radius 3 is 2.69 bits per heavy atom. The monoisotopic (exact) mass is 478 g/mol. The molecule has 0 saturated carbocycles. The Bertz CT molecular complexity index is 1100. The van der Waals surface area contributed by atoms with Gasteiger partial charge in [0.15, 0.2) is 0 Å². The number of ether oxygens (including phenoxy) is 1. The first kappa shape index (κ1) is 24.7. The second-order valence-electron chi connectivity index (χ2n) is 9.06. The number of methoxy groups -OCH3 is 1. The number of benzene rings is 2. The van der Waals surface area contributed by atoms with Gasteiger partial charge in [-0.1, -0.05) is 50.2 Å². The van der Waals surface area contributed by atoms with Crippen molar-refractivity contribution in [2.75, 3.05) is 33.3 Å². The summed E-state index contributed by atoms with van der Waals surface area (Å²) in [6.45, 7) is 5.82. The van der Waals surface area contributed by atoms with E-state index in [0.29, 0.717) is 13.0 Å². The SMILES string of the molecule is CCN(CC)[C@H](CNC(=O)CN1C(=O)N[C@]2(CCCc3ccccc32)C1=O)c1cccc(OC)c1. The molecule has 2 aromatic rings. The van der Waals surface area contributed by atoms with Crippen molar-refractivity contribution in [3.63, 3.8) is 0 Å². The zero-order valence-electron chi connectivity index (χ0n) is 20.7. The molecule has 4 amide bonds. The van der Waals surface area contributed by atoms with Gasteiger partial charge in [-0.15, -0.1) is 0 Å². The lowest BCUT2D eigenvalue weighted by molar-refractivity contribution is -0.135. The standard InChI is InChI=1S/C27H34N4O4/c1-4-30(5-2)23(20-11-8-13-21(16-20)35-3)17-28-24(32)18-31-25(33)27(29-26(31)34)15-9-12-19-10-6-7-14-22(19)27/h6-8,10-11,13-14,16,23H,4-5,9,12,15,17-18H2,1-3H3,(H,28,32)(H,29,34)/t23-,27+/m1/s1. The van der Waals surface area contributed by atoms with Gasteiger partial charge in [-0.25, -0.2) is 4.79 Å². The van der Waals surface area contributed by atoms with E-state index in [4.69, 9.17) is 4.74 Å². The molecule has 0 aromatic heterocycles. The van der Waals surface area contributed by atoms with Gasteiger partial charge in [0.25, 0.3) is 5.91 Å². The minimum Gasteiger partial charge on any atom is -0.497 e. The fraction of sp³-hybridized carbons (Fsp3) is 0.444. The van der Waals surface area contributed by atoms with Gasteiger partial charge in [0.2, 0.25) is 5.91 Å². The fourth-order valence-corrected chi connectivity index (χ4v) is 5.34. The molecule has 1 aliphatic heterocycles. The maximum Gasteiger partial charge on any atom is 0.325 e. The average molecular weight is 479 g/mol. The first-order valence-electron chi connectivity index (χ1n) is 12.3. The summed E-state index contributed by atoms with van der Waals surface area (Å²) in [5.41, 5.74) is 1.86. The molecule has 2 atom stereocenters. The van der Waals surface area contributed by atoms with Crippen molar-refractivity contribution in [1.29, 1.82) is 0 Å². The van der Waals surface area contributed by atoms with Crippen LogP contribution in [0.4, 0.5) is 4.79 Å². The first-order valence-corrected chi connectivity index (χ1v) is 12.3. The number of amides is 4. The van der Waals surface area contributed by atoms with Crippen LogP contribution in [0, 0.1) is 0 Å². The van der Waals surface area contributed by atoms with Crippen LogP contribution in [0.15, 0.2) is 48.5 Å². The van der Waals surface area contributed by atoms with E-state index in [-0.39, 0.29) is 24.4 Å². The third kappa shape index (κ3) is 4.75. The second-order valence-corrected chi connectivity index (χ2v) is 9.06. The number of fused-ring (bicyclic) bond motifs is 2. The van der Waals surface area contributed by atoms with E-state index in [9.17, 15) is 14.4 Å². The summed E-state index contributed by atoms with van der Waals surface area (Å²) in [5.74, 6) is 0.0379. The maximum atomic E-state index is 13.5. The number of imide groups is 1. The Morgan fingerprint density at radius 2 is 1.94 bits per heavy atom. The van der Waals surface area contributed by atoms with Crippen LogP contribution >= 0.6 is 0 Å². The minimum atomic E-state index is -1.07.